The predicted octanol–water partition coefficient (Wildman–Crippen LogP) is 3.91. The molecule has 5 heteroatoms. The van der Waals surface area contributed by atoms with Crippen molar-refractivity contribution in [2.75, 3.05) is 19.6 Å². The molecule has 2 N–H and O–H groups in total. The SMILES string of the molecule is CC(C)(O)[C@@H]1CCCN(C(=O)N2CC[C@]3(C)c4cccc(O)c4C[C@H]2C3(C)C)C1. The molecule has 160 valence electrons. The lowest BCUT2D eigenvalue weighted by Crippen LogP contribution is -2.67. The summed E-state index contributed by atoms with van der Waals surface area (Å²) in [6, 6.07) is 6.01. The summed E-state index contributed by atoms with van der Waals surface area (Å²) in [7, 11) is 0. The van der Waals surface area contributed by atoms with Crippen LogP contribution in [0.15, 0.2) is 18.2 Å². The molecule has 0 aromatic heterocycles. The number of hydrogen-bond acceptors (Lipinski definition) is 3. The minimum atomic E-state index is -0.770. The Balaban J connectivity index is 1.65. The zero-order chi connectivity index (χ0) is 21.2. The van der Waals surface area contributed by atoms with E-state index in [-0.39, 0.29) is 28.8 Å². The highest BCUT2D eigenvalue weighted by Crippen LogP contribution is 2.57. The van der Waals surface area contributed by atoms with E-state index in [1.807, 2.05) is 24.8 Å². The molecular formula is C24H36N2O3. The Hall–Kier alpha value is -1.75. The number of aromatic hydroxyl groups is 1. The number of fused-ring (bicyclic) bond motifs is 4. The van der Waals surface area contributed by atoms with Crippen LogP contribution in [0.5, 0.6) is 5.75 Å². The number of carbonyl (C=O) groups excluding carboxylic acids is 1. The third-order valence-electron chi connectivity index (χ3n) is 8.56. The van der Waals surface area contributed by atoms with Gasteiger partial charge in [0.05, 0.1) is 5.60 Å². The maximum absolute atomic E-state index is 13.6. The van der Waals surface area contributed by atoms with Gasteiger partial charge in [-0.3, -0.25) is 0 Å². The molecule has 1 aromatic carbocycles. The van der Waals surface area contributed by atoms with Gasteiger partial charge in [0.1, 0.15) is 5.75 Å². The lowest BCUT2D eigenvalue weighted by Gasteiger charge is -2.61. The number of phenols is 1. The van der Waals surface area contributed by atoms with E-state index in [4.69, 9.17) is 0 Å². The van der Waals surface area contributed by atoms with E-state index in [0.29, 0.717) is 18.7 Å². The molecule has 0 saturated carbocycles. The highest BCUT2D eigenvalue weighted by Gasteiger charge is 2.57. The zero-order valence-electron chi connectivity index (χ0n) is 18.5. The van der Waals surface area contributed by atoms with Crippen molar-refractivity contribution in [2.24, 2.45) is 11.3 Å². The smallest absolute Gasteiger partial charge is 0.320 e. The fourth-order valence-electron chi connectivity index (χ4n) is 6.06. The van der Waals surface area contributed by atoms with Crippen LogP contribution in [0.1, 0.15) is 65.0 Å². The molecule has 4 rings (SSSR count). The quantitative estimate of drug-likeness (QED) is 0.751. The molecule has 2 fully saturated rings. The molecule has 0 unspecified atom stereocenters. The monoisotopic (exact) mass is 400 g/mol. The molecule has 2 bridgehead atoms. The Morgan fingerprint density at radius 3 is 2.62 bits per heavy atom. The number of likely N-dealkylation sites (tertiary alicyclic amines) is 2. The van der Waals surface area contributed by atoms with E-state index in [2.05, 4.69) is 31.7 Å². The highest BCUT2D eigenvalue weighted by molar-refractivity contribution is 5.76. The zero-order valence-corrected chi connectivity index (χ0v) is 18.5. The maximum atomic E-state index is 13.6. The van der Waals surface area contributed by atoms with Gasteiger partial charge in [0, 0.05) is 37.0 Å². The first-order valence-corrected chi connectivity index (χ1v) is 11.1. The van der Waals surface area contributed by atoms with Crippen molar-refractivity contribution in [1.29, 1.82) is 0 Å². The van der Waals surface area contributed by atoms with Gasteiger partial charge >= 0.3 is 6.03 Å². The number of amides is 2. The van der Waals surface area contributed by atoms with E-state index >= 15 is 0 Å². The predicted molar refractivity (Wildman–Crippen MR) is 114 cm³/mol. The Bertz CT molecular complexity index is 813. The second-order valence-corrected chi connectivity index (χ2v) is 10.7. The number of aliphatic hydroxyl groups is 1. The summed E-state index contributed by atoms with van der Waals surface area (Å²) in [5.41, 5.74) is 1.32. The molecule has 3 aliphatic rings. The van der Waals surface area contributed by atoms with Crippen LogP contribution < -0.4 is 0 Å². The standard InChI is InChI=1S/C24H36N2O3/c1-22(2)20-14-17-18(9-6-10-19(17)27)24(22,5)11-13-26(20)21(28)25-12-7-8-16(15-25)23(3,4)29/h6,9-10,16,20,27,29H,7-8,11-15H2,1-5H3/t16-,20+,24-/m1/s1. The molecular weight excluding hydrogens is 364 g/mol. The number of nitrogens with zero attached hydrogens (tertiary/aromatic N) is 2. The summed E-state index contributed by atoms with van der Waals surface area (Å²) in [5.74, 6) is 0.461. The number of phenolic OH excluding ortho intramolecular Hbond substituents is 1. The molecule has 2 saturated heterocycles. The van der Waals surface area contributed by atoms with Crippen LogP contribution in [0.3, 0.4) is 0 Å². The highest BCUT2D eigenvalue weighted by atomic mass is 16.3. The number of piperidine rings is 2. The molecule has 5 nitrogen and oxygen atoms in total. The van der Waals surface area contributed by atoms with Crippen LogP contribution in [-0.2, 0) is 11.8 Å². The first kappa shape index (κ1) is 20.5. The van der Waals surface area contributed by atoms with Crippen LogP contribution in [-0.4, -0.2) is 57.3 Å². The van der Waals surface area contributed by atoms with Crippen molar-refractivity contribution in [3.05, 3.63) is 29.3 Å². The number of hydrogen-bond donors (Lipinski definition) is 2. The van der Waals surface area contributed by atoms with Gasteiger partial charge < -0.3 is 20.0 Å². The molecule has 1 aliphatic carbocycles. The Morgan fingerprint density at radius 2 is 1.93 bits per heavy atom. The number of carbonyl (C=O) groups is 1. The van der Waals surface area contributed by atoms with Gasteiger partial charge in [-0.2, -0.15) is 0 Å². The van der Waals surface area contributed by atoms with E-state index in [1.165, 1.54) is 5.56 Å². The average molecular weight is 401 g/mol. The average Bonchev–Trinajstić information content (AvgIpc) is 2.64. The second kappa shape index (κ2) is 6.63. The van der Waals surface area contributed by atoms with Crippen molar-refractivity contribution in [2.45, 2.75) is 77.4 Å². The van der Waals surface area contributed by atoms with Gasteiger partial charge in [-0.05, 0) is 62.1 Å². The molecule has 2 amide bonds. The molecule has 29 heavy (non-hydrogen) atoms. The molecule has 2 heterocycles. The van der Waals surface area contributed by atoms with Gasteiger partial charge in [0.25, 0.3) is 0 Å². The van der Waals surface area contributed by atoms with Crippen molar-refractivity contribution in [1.82, 2.24) is 9.80 Å². The van der Waals surface area contributed by atoms with Gasteiger partial charge in [0.2, 0.25) is 0 Å². The summed E-state index contributed by atoms with van der Waals surface area (Å²) in [6.45, 7) is 12.7. The van der Waals surface area contributed by atoms with Crippen LogP contribution in [0, 0.1) is 11.3 Å². The maximum Gasteiger partial charge on any atom is 0.320 e. The van der Waals surface area contributed by atoms with Gasteiger partial charge in [-0.15, -0.1) is 0 Å². The Morgan fingerprint density at radius 1 is 1.21 bits per heavy atom. The lowest BCUT2D eigenvalue weighted by molar-refractivity contribution is -0.0381. The third kappa shape index (κ3) is 3.04. The van der Waals surface area contributed by atoms with Crippen molar-refractivity contribution >= 4 is 6.03 Å². The summed E-state index contributed by atoms with van der Waals surface area (Å²) in [5, 5.41) is 21.0. The van der Waals surface area contributed by atoms with Crippen molar-refractivity contribution in [3.63, 3.8) is 0 Å². The minimum Gasteiger partial charge on any atom is -0.508 e. The first-order valence-electron chi connectivity index (χ1n) is 11.1. The minimum absolute atomic E-state index is 0.0528. The summed E-state index contributed by atoms with van der Waals surface area (Å²) in [4.78, 5) is 17.6. The summed E-state index contributed by atoms with van der Waals surface area (Å²) < 4.78 is 0. The second-order valence-electron chi connectivity index (χ2n) is 10.7. The van der Waals surface area contributed by atoms with E-state index in [0.717, 1.165) is 37.9 Å². The summed E-state index contributed by atoms with van der Waals surface area (Å²) in [6.07, 6.45) is 3.48. The van der Waals surface area contributed by atoms with Crippen LogP contribution in [0.25, 0.3) is 0 Å². The molecule has 0 radical (unpaired) electrons. The number of benzene rings is 1. The third-order valence-corrected chi connectivity index (χ3v) is 8.56. The van der Waals surface area contributed by atoms with Gasteiger partial charge in [0.15, 0.2) is 0 Å². The summed E-state index contributed by atoms with van der Waals surface area (Å²) >= 11 is 0. The molecule has 0 spiro atoms. The fourth-order valence-corrected chi connectivity index (χ4v) is 6.06. The van der Waals surface area contributed by atoms with Crippen LogP contribution >= 0.6 is 0 Å². The first-order chi connectivity index (χ1) is 13.5. The van der Waals surface area contributed by atoms with Crippen molar-refractivity contribution < 1.29 is 15.0 Å². The van der Waals surface area contributed by atoms with E-state index in [1.54, 1.807) is 6.07 Å². The van der Waals surface area contributed by atoms with E-state index < -0.39 is 5.60 Å². The van der Waals surface area contributed by atoms with Gasteiger partial charge in [-0.1, -0.05) is 32.9 Å². The topological polar surface area (TPSA) is 64.0 Å². The van der Waals surface area contributed by atoms with E-state index in [9.17, 15) is 15.0 Å². The largest absolute Gasteiger partial charge is 0.508 e. The van der Waals surface area contributed by atoms with Crippen LogP contribution in [0.2, 0.25) is 0 Å². The van der Waals surface area contributed by atoms with Crippen molar-refractivity contribution in [3.8, 4) is 5.75 Å². The van der Waals surface area contributed by atoms with Crippen LogP contribution in [0.4, 0.5) is 4.79 Å². The van der Waals surface area contributed by atoms with Gasteiger partial charge in [-0.25, -0.2) is 4.79 Å². The lowest BCUT2D eigenvalue weighted by atomic mass is 9.51. The fraction of sp³-hybridized carbons (Fsp3) is 0.708. The molecule has 1 aromatic rings. The number of rotatable bonds is 1. The number of urea groups is 1. The normalized spacial score (nSPS) is 31.4. The molecule has 3 atom stereocenters. The molecule has 2 aliphatic heterocycles. The Kier molecular flexibility index (Phi) is 4.69. The Labute approximate surface area is 174 Å².